The Morgan fingerprint density at radius 3 is 2.32 bits per heavy atom. The molecule has 0 aliphatic rings. The number of amides is 2. The van der Waals surface area contributed by atoms with Crippen LogP contribution in [0.3, 0.4) is 0 Å². The first-order chi connectivity index (χ1) is 11.8. The molecule has 0 spiro atoms. The Hall–Kier alpha value is -2.39. The smallest absolute Gasteiger partial charge is 0.251 e. The van der Waals surface area contributed by atoms with Crippen molar-refractivity contribution in [1.29, 1.82) is 0 Å². The minimum Gasteiger partial charge on any atom is -0.354 e. The molecule has 0 atom stereocenters. The van der Waals surface area contributed by atoms with Gasteiger partial charge in [0.2, 0.25) is 15.9 Å². The number of benzene rings is 1. The van der Waals surface area contributed by atoms with Gasteiger partial charge in [0.25, 0.3) is 5.91 Å². The van der Waals surface area contributed by atoms with Crippen LogP contribution in [-0.2, 0) is 21.2 Å². The molecule has 25 heavy (non-hydrogen) atoms. The highest BCUT2D eigenvalue weighted by atomic mass is 32.2. The zero-order valence-corrected chi connectivity index (χ0v) is 15.2. The Bertz CT molecular complexity index is 816. The first-order valence-electron chi connectivity index (χ1n) is 7.48. The number of anilines is 1. The van der Waals surface area contributed by atoms with Crippen molar-refractivity contribution in [3.63, 3.8) is 0 Å². The van der Waals surface area contributed by atoms with Gasteiger partial charge in [0.15, 0.2) is 0 Å². The summed E-state index contributed by atoms with van der Waals surface area (Å²) in [6.45, 7) is 0.641. The molecule has 0 radical (unpaired) electrons. The second-order valence-corrected chi connectivity index (χ2v) is 8.09. The summed E-state index contributed by atoms with van der Waals surface area (Å²) in [4.78, 5) is 24.7. The van der Waals surface area contributed by atoms with Crippen LogP contribution in [0.4, 0.5) is 5.69 Å². The molecule has 0 saturated carbocycles. The van der Waals surface area contributed by atoms with Gasteiger partial charge in [0, 0.05) is 29.2 Å². The number of carbonyl (C=O) groups is 2. The van der Waals surface area contributed by atoms with Gasteiger partial charge >= 0.3 is 0 Å². The Morgan fingerprint density at radius 1 is 1.04 bits per heavy atom. The fourth-order valence-corrected chi connectivity index (χ4v) is 3.29. The third-order valence-electron chi connectivity index (χ3n) is 3.10. The molecule has 0 fully saturated rings. The molecular formula is C16H19N3O4S2. The van der Waals surface area contributed by atoms with Crippen molar-refractivity contribution in [2.24, 2.45) is 0 Å². The van der Waals surface area contributed by atoms with E-state index in [0.717, 1.165) is 11.1 Å². The number of carbonyl (C=O) groups excluding carboxylic acids is 2. The fraction of sp³-hybridized carbons (Fsp3) is 0.250. The van der Waals surface area contributed by atoms with Crippen molar-refractivity contribution in [1.82, 2.24) is 10.6 Å². The van der Waals surface area contributed by atoms with Crippen LogP contribution >= 0.6 is 11.3 Å². The number of sulfonamides is 1. The van der Waals surface area contributed by atoms with Crippen LogP contribution in [-0.4, -0.2) is 39.6 Å². The highest BCUT2D eigenvalue weighted by Gasteiger charge is 2.07. The van der Waals surface area contributed by atoms with Crippen LogP contribution in [0.1, 0.15) is 15.2 Å². The lowest BCUT2D eigenvalue weighted by atomic mass is 10.2. The van der Waals surface area contributed by atoms with Gasteiger partial charge < -0.3 is 10.6 Å². The summed E-state index contributed by atoms with van der Waals surface area (Å²) >= 11 is 1.52. The van der Waals surface area contributed by atoms with Gasteiger partial charge in [-0.15, -0.1) is 11.3 Å². The molecule has 134 valence electrons. The van der Waals surface area contributed by atoms with Crippen LogP contribution < -0.4 is 15.4 Å². The Labute approximate surface area is 150 Å². The third kappa shape index (κ3) is 6.94. The molecule has 0 aliphatic carbocycles. The summed E-state index contributed by atoms with van der Waals surface area (Å²) in [5, 5.41) is 7.35. The summed E-state index contributed by atoms with van der Waals surface area (Å²) in [5.74, 6) is -0.383. The van der Waals surface area contributed by atoms with E-state index >= 15 is 0 Å². The van der Waals surface area contributed by atoms with E-state index in [-0.39, 0.29) is 11.8 Å². The van der Waals surface area contributed by atoms with Crippen LogP contribution in [0.25, 0.3) is 0 Å². The molecule has 0 unspecified atom stereocenters. The lowest BCUT2D eigenvalue weighted by Gasteiger charge is -2.08. The van der Waals surface area contributed by atoms with Crippen molar-refractivity contribution < 1.29 is 18.0 Å². The zero-order valence-electron chi connectivity index (χ0n) is 13.6. The van der Waals surface area contributed by atoms with Crippen molar-refractivity contribution in [2.75, 3.05) is 24.1 Å². The predicted octanol–water partition coefficient (Wildman–Crippen LogP) is 1.21. The highest BCUT2D eigenvalue weighted by Crippen LogP contribution is 2.11. The van der Waals surface area contributed by atoms with Gasteiger partial charge in [-0.1, -0.05) is 6.07 Å². The summed E-state index contributed by atoms with van der Waals surface area (Å²) in [5.41, 5.74) is 0.795. The van der Waals surface area contributed by atoms with Crippen molar-refractivity contribution in [3.05, 3.63) is 52.2 Å². The average Bonchev–Trinajstić information content (AvgIpc) is 3.03. The van der Waals surface area contributed by atoms with E-state index in [9.17, 15) is 18.0 Å². The van der Waals surface area contributed by atoms with E-state index in [0.29, 0.717) is 30.8 Å². The summed E-state index contributed by atoms with van der Waals surface area (Å²) in [7, 11) is -3.34. The van der Waals surface area contributed by atoms with Crippen LogP contribution in [0.15, 0.2) is 41.8 Å². The van der Waals surface area contributed by atoms with Gasteiger partial charge in [-0.25, -0.2) is 8.42 Å². The monoisotopic (exact) mass is 381 g/mol. The molecule has 2 amide bonds. The second kappa shape index (κ2) is 8.63. The lowest BCUT2D eigenvalue weighted by molar-refractivity contribution is -0.120. The number of rotatable bonds is 8. The normalized spacial score (nSPS) is 10.9. The van der Waals surface area contributed by atoms with Crippen LogP contribution in [0, 0.1) is 0 Å². The molecule has 2 rings (SSSR count). The van der Waals surface area contributed by atoms with E-state index in [1.54, 1.807) is 0 Å². The van der Waals surface area contributed by atoms with Gasteiger partial charge in [0.1, 0.15) is 0 Å². The number of hydrogen-bond donors (Lipinski definition) is 3. The van der Waals surface area contributed by atoms with Gasteiger partial charge in [0.05, 0.1) is 12.7 Å². The molecule has 3 N–H and O–H groups in total. The molecule has 1 heterocycles. The lowest BCUT2D eigenvalue weighted by Crippen LogP contribution is -2.35. The molecule has 1 aromatic carbocycles. The van der Waals surface area contributed by atoms with E-state index in [2.05, 4.69) is 15.4 Å². The molecule has 7 nitrogen and oxygen atoms in total. The zero-order chi connectivity index (χ0) is 18.3. The molecule has 2 aromatic rings. The van der Waals surface area contributed by atoms with Crippen molar-refractivity contribution in [2.45, 2.75) is 6.42 Å². The number of nitrogens with one attached hydrogen (secondary N) is 3. The SMILES string of the molecule is CS(=O)(=O)Nc1ccc(C(=O)NCCNC(=O)Cc2cccs2)cc1. The molecular weight excluding hydrogens is 362 g/mol. The van der Waals surface area contributed by atoms with Gasteiger partial charge in [-0.3, -0.25) is 14.3 Å². The standard InChI is InChI=1S/C16H19N3O4S2/c1-25(22,23)19-13-6-4-12(5-7-13)16(21)18-9-8-17-15(20)11-14-3-2-10-24-14/h2-7,10,19H,8-9,11H2,1H3,(H,17,20)(H,18,21). The topological polar surface area (TPSA) is 104 Å². The Morgan fingerprint density at radius 2 is 1.72 bits per heavy atom. The molecule has 1 aromatic heterocycles. The molecule has 0 saturated heterocycles. The summed E-state index contributed by atoms with van der Waals surface area (Å²) in [6.07, 6.45) is 1.39. The number of hydrogen-bond acceptors (Lipinski definition) is 5. The van der Waals surface area contributed by atoms with E-state index < -0.39 is 10.0 Å². The predicted molar refractivity (Wildman–Crippen MR) is 98.3 cm³/mol. The fourth-order valence-electron chi connectivity index (χ4n) is 2.02. The minimum atomic E-state index is -3.34. The van der Waals surface area contributed by atoms with Crippen LogP contribution in [0.2, 0.25) is 0 Å². The van der Waals surface area contributed by atoms with Gasteiger partial charge in [-0.05, 0) is 35.7 Å². The highest BCUT2D eigenvalue weighted by molar-refractivity contribution is 7.92. The first-order valence-corrected chi connectivity index (χ1v) is 10.3. The van der Waals surface area contributed by atoms with E-state index in [4.69, 9.17) is 0 Å². The maximum absolute atomic E-state index is 12.0. The van der Waals surface area contributed by atoms with E-state index in [1.807, 2.05) is 17.5 Å². The van der Waals surface area contributed by atoms with Gasteiger partial charge in [-0.2, -0.15) is 0 Å². The second-order valence-electron chi connectivity index (χ2n) is 5.31. The summed E-state index contributed by atoms with van der Waals surface area (Å²) in [6, 6.07) is 9.87. The average molecular weight is 381 g/mol. The number of thiophene rings is 1. The maximum Gasteiger partial charge on any atom is 0.251 e. The first kappa shape index (κ1) is 18.9. The molecule has 0 bridgehead atoms. The Kier molecular flexibility index (Phi) is 6.54. The van der Waals surface area contributed by atoms with Crippen molar-refractivity contribution >= 4 is 38.9 Å². The quantitative estimate of drug-likeness (QED) is 0.598. The largest absolute Gasteiger partial charge is 0.354 e. The molecule has 0 aliphatic heterocycles. The minimum absolute atomic E-state index is 0.0899. The van der Waals surface area contributed by atoms with Crippen LogP contribution in [0.5, 0.6) is 0 Å². The maximum atomic E-state index is 12.0. The Balaban J connectivity index is 1.72. The summed E-state index contributed by atoms with van der Waals surface area (Å²) < 4.78 is 24.6. The van der Waals surface area contributed by atoms with E-state index in [1.165, 1.54) is 35.6 Å². The molecule has 9 heteroatoms. The van der Waals surface area contributed by atoms with Crippen molar-refractivity contribution in [3.8, 4) is 0 Å². The third-order valence-corrected chi connectivity index (χ3v) is 4.58.